The van der Waals surface area contributed by atoms with Gasteiger partial charge < -0.3 is 19.3 Å². The summed E-state index contributed by atoms with van der Waals surface area (Å²) in [5.74, 6) is -0.294. The SMILES string of the molecule is Cc1ccc(N2CCN(C(=O)c3cn(C4CCCC4)cc(C(=O)N(C)CC(C)C)c3=O)CC2)c(C)c1. The van der Waals surface area contributed by atoms with Crippen molar-refractivity contribution in [2.24, 2.45) is 5.92 Å². The minimum atomic E-state index is -0.452. The minimum Gasteiger partial charge on any atom is -0.368 e. The second kappa shape index (κ2) is 10.9. The lowest BCUT2D eigenvalue weighted by molar-refractivity contribution is 0.0743. The van der Waals surface area contributed by atoms with Crippen LogP contribution in [0, 0.1) is 19.8 Å². The molecule has 0 unspecified atom stereocenters. The fourth-order valence-electron chi connectivity index (χ4n) is 5.63. The molecule has 1 aromatic heterocycles. The first-order chi connectivity index (χ1) is 17.2. The van der Waals surface area contributed by atoms with Gasteiger partial charge in [0.15, 0.2) is 0 Å². The molecule has 1 saturated heterocycles. The van der Waals surface area contributed by atoms with Crippen molar-refractivity contribution in [3.05, 3.63) is 63.1 Å². The van der Waals surface area contributed by atoms with Gasteiger partial charge in [0.1, 0.15) is 11.1 Å². The Labute approximate surface area is 214 Å². The third-order valence-electron chi connectivity index (χ3n) is 7.50. The van der Waals surface area contributed by atoms with E-state index < -0.39 is 5.43 Å². The van der Waals surface area contributed by atoms with Crippen LogP contribution in [0.15, 0.2) is 35.4 Å². The largest absolute Gasteiger partial charge is 0.368 e. The molecule has 1 aliphatic heterocycles. The fraction of sp³-hybridized carbons (Fsp3) is 0.552. The van der Waals surface area contributed by atoms with Crippen molar-refractivity contribution in [2.75, 3.05) is 44.7 Å². The molecule has 2 aromatic rings. The van der Waals surface area contributed by atoms with Crippen molar-refractivity contribution in [3.8, 4) is 0 Å². The van der Waals surface area contributed by atoms with E-state index >= 15 is 0 Å². The van der Waals surface area contributed by atoms with Crippen molar-refractivity contribution < 1.29 is 9.59 Å². The molecular formula is C29H40N4O3. The number of pyridine rings is 1. The second-order valence-corrected chi connectivity index (χ2v) is 10.9. The van der Waals surface area contributed by atoms with Crippen LogP contribution in [0.1, 0.15) is 77.4 Å². The van der Waals surface area contributed by atoms with Gasteiger partial charge in [-0.2, -0.15) is 0 Å². The summed E-state index contributed by atoms with van der Waals surface area (Å²) in [7, 11) is 1.72. The molecular weight excluding hydrogens is 452 g/mol. The zero-order chi connectivity index (χ0) is 26.0. The number of aromatic nitrogens is 1. The van der Waals surface area contributed by atoms with E-state index in [4.69, 9.17) is 0 Å². The molecule has 0 atom stereocenters. The van der Waals surface area contributed by atoms with Gasteiger partial charge >= 0.3 is 0 Å². The molecule has 0 bridgehead atoms. The van der Waals surface area contributed by atoms with Gasteiger partial charge in [0.05, 0.1) is 0 Å². The van der Waals surface area contributed by atoms with Crippen LogP contribution in [-0.4, -0.2) is 66.0 Å². The Morgan fingerprint density at radius 1 is 1.00 bits per heavy atom. The van der Waals surface area contributed by atoms with Gasteiger partial charge in [-0.3, -0.25) is 14.4 Å². The number of hydrogen-bond acceptors (Lipinski definition) is 4. The summed E-state index contributed by atoms with van der Waals surface area (Å²) in [6, 6.07) is 6.66. The highest BCUT2D eigenvalue weighted by Crippen LogP contribution is 2.30. The van der Waals surface area contributed by atoms with Gasteiger partial charge in [0.25, 0.3) is 11.8 Å². The zero-order valence-electron chi connectivity index (χ0n) is 22.4. The molecule has 2 aliphatic rings. The molecule has 7 heteroatoms. The van der Waals surface area contributed by atoms with E-state index in [0.717, 1.165) is 25.7 Å². The first kappa shape index (κ1) is 26.0. The molecule has 2 heterocycles. The summed E-state index contributed by atoms with van der Waals surface area (Å²) in [4.78, 5) is 46.0. The standard InChI is InChI=1S/C29H40N4O3/c1-20(2)17-30(5)28(35)24-18-33(23-8-6-7-9-23)19-25(27(24)34)29(36)32-14-12-31(13-15-32)26-11-10-21(3)16-22(26)4/h10-11,16,18-20,23H,6-9,12-15,17H2,1-5H3. The summed E-state index contributed by atoms with van der Waals surface area (Å²) >= 11 is 0. The van der Waals surface area contributed by atoms with Crippen LogP contribution in [-0.2, 0) is 0 Å². The molecule has 7 nitrogen and oxygen atoms in total. The van der Waals surface area contributed by atoms with Gasteiger partial charge in [0.2, 0.25) is 5.43 Å². The number of carbonyl (C=O) groups is 2. The lowest BCUT2D eigenvalue weighted by atomic mass is 10.1. The van der Waals surface area contributed by atoms with E-state index in [1.165, 1.54) is 16.8 Å². The molecule has 36 heavy (non-hydrogen) atoms. The highest BCUT2D eigenvalue weighted by atomic mass is 16.2. The highest BCUT2D eigenvalue weighted by Gasteiger charge is 2.29. The van der Waals surface area contributed by atoms with E-state index in [1.54, 1.807) is 29.2 Å². The molecule has 2 fully saturated rings. The normalized spacial score (nSPS) is 16.6. The molecule has 194 valence electrons. The van der Waals surface area contributed by atoms with Gasteiger partial charge in [0, 0.05) is 63.9 Å². The molecule has 4 rings (SSSR count). The van der Waals surface area contributed by atoms with Gasteiger partial charge in [-0.1, -0.05) is 44.4 Å². The van der Waals surface area contributed by atoms with Crippen LogP contribution in [0.2, 0.25) is 0 Å². The Morgan fingerprint density at radius 2 is 1.64 bits per heavy atom. The van der Waals surface area contributed by atoms with E-state index in [-0.39, 0.29) is 34.9 Å². The average molecular weight is 493 g/mol. The minimum absolute atomic E-state index is 0.102. The van der Waals surface area contributed by atoms with Crippen molar-refractivity contribution in [1.82, 2.24) is 14.4 Å². The van der Waals surface area contributed by atoms with Crippen LogP contribution < -0.4 is 10.3 Å². The predicted octanol–water partition coefficient (Wildman–Crippen LogP) is 4.27. The Bertz CT molecular complexity index is 1170. The van der Waals surface area contributed by atoms with Crippen molar-refractivity contribution in [2.45, 2.75) is 59.4 Å². The smallest absolute Gasteiger partial charge is 0.259 e. The first-order valence-corrected chi connectivity index (χ1v) is 13.3. The quantitative estimate of drug-likeness (QED) is 0.604. The number of aryl methyl sites for hydroxylation is 2. The van der Waals surface area contributed by atoms with Crippen LogP contribution in [0.5, 0.6) is 0 Å². The molecule has 2 amide bonds. The molecule has 1 aromatic carbocycles. The van der Waals surface area contributed by atoms with Crippen LogP contribution in [0.25, 0.3) is 0 Å². The summed E-state index contributed by atoms with van der Waals surface area (Å²) in [6.45, 7) is 11.3. The topological polar surface area (TPSA) is 65.9 Å². The van der Waals surface area contributed by atoms with Crippen LogP contribution in [0.4, 0.5) is 5.69 Å². The highest BCUT2D eigenvalue weighted by molar-refractivity contribution is 5.99. The van der Waals surface area contributed by atoms with E-state index in [9.17, 15) is 14.4 Å². The van der Waals surface area contributed by atoms with Crippen LogP contribution in [0.3, 0.4) is 0 Å². The van der Waals surface area contributed by atoms with Crippen molar-refractivity contribution in [1.29, 1.82) is 0 Å². The van der Waals surface area contributed by atoms with Gasteiger partial charge in [-0.05, 0) is 44.2 Å². The first-order valence-electron chi connectivity index (χ1n) is 13.3. The van der Waals surface area contributed by atoms with Gasteiger partial charge in [-0.15, -0.1) is 0 Å². The number of benzene rings is 1. The van der Waals surface area contributed by atoms with Crippen molar-refractivity contribution >= 4 is 17.5 Å². The third-order valence-corrected chi connectivity index (χ3v) is 7.50. The summed E-state index contributed by atoms with van der Waals surface area (Å²) in [6.07, 6.45) is 7.64. The second-order valence-electron chi connectivity index (χ2n) is 10.9. The average Bonchev–Trinajstić information content (AvgIpc) is 3.38. The lowest BCUT2D eigenvalue weighted by Crippen LogP contribution is -2.50. The van der Waals surface area contributed by atoms with Gasteiger partial charge in [-0.25, -0.2) is 0 Å². The number of hydrogen-bond donors (Lipinski definition) is 0. The maximum Gasteiger partial charge on any atom is 0.259 e. The Balaban J connectivity index is 1.59. The zero-order valence-corrected chi connectivity index (χ0v) is 22.4. The Kier molecular flexibility index (Phi) is 7.86. The summed E-state index contributed by atoms with van der Waals surface area (Å²) < 4.78 is 1.96. The van der Waals surface area contributed by atoms with E-state index in [1.807, 2.05) is 18.4 Å². The predicted molar refractivity (Wildman–Crippen MR) is 144 cm³/mol. The number of carbonyl (C=O) groups excluding carboxylic acids is 2. The number of amides is 2. The molecule has 0 N–H and O–H groups in total. The molecule has 0 spiro atoms. The maximum absolute atomic E-state index is 13.6. The fourth-order valence-corrected chi connectivity index (χ4v) is 5.63. The third kappa shape index (κ3) is 5.50. The number of rotatable bonds is 6. The number of piperazine rings is 1. The number of nitrogens with zero attached hydrogens (tertiary/aromatic N) is 4. The molecule has 1 saturated carbocycles. The maximum atomic E-state index is 13.6. The lowest BCUT2D eigenvalue weighted by Gasteiger charge is -2.37. The number of anilines is 1. The van der Waals surface area contributed by atoms with Crippen molar-refractivity contribution in [3.63, 3.8) is 0 Å². The molecule has 1 aliphatic carbocycles. The Morgan fingerprint density at radius 3 is 2.25 bits per heavy atom. The summed E-state index contributed by atoms with van der Waals surface area (Å²) in [5, 5.41) is 0. The van der Waals surface area contributed by atoms with E-state index in [0.29, 0.717) is 32.7 Å². The van der Waals surface area contributed by atoms with E-state index in [2.05, 4.69) is 36.9 Å². The van der Waals surface area contributed by atoms with Crippen LogP contribution >= 0.6 is 0 Å². The Hall–Kier alpha value is -3.09. The molecule has 0 radical (unpaired) electrons. The monoisotopic (exact) mass is 492 g/mol. The summed E-state index contributed by atoms with van der Waals surface area (Å²) in [5.41, 5.74) is 3.42.